The summed E-state index contributed by atoms with van der Waals surface area (Å²) in [5.41, 5.74) is 9.04. The molecule has 1 aromatic rings. The number of aliphatic hydroxyl groups is 1. The van der Waals surface area contributed by atoms with Crippen LogP contribution >= 0.6 is 0 Å². The molecule has 1 aliphatic heterocycles. The van der Waals surface area contributed by atoms with Crippen molar-refractivity contribution >= 4 is 0 Å². The Kier molecular flexibility index (Phi) is 4.36. The second-order valence-corrected chi connectivity index (χ2v) is 5.94. The molecule has 110 valence electrons. The molecule has 1 fully saturated rings. The second kappa shape index (κ2) is 6.22. The van der Waals surface area contributed by atoms with Crippen LogP contribution in [0.3, 0.4) is 0 Å². The Bertz CT molecular complexity index is 451. The predicted octanol–water partition coefficient (Wildman–Crippen LogP) is 1.13. The lowest BCUT2D eigenvalue weighted by molar-refractivity contribution is 0.178. The summed E-state index contributed by atoms with van der Waals surface area (Å²) in [5.74, 6) is 0. The molecule has 0 saturated carbocycles. The van der Waals surface area contributed by atoms with E-state index in [1.807, 2.05) is 0 Å². The smallest absolute Gasteiger partial charge is 0.0558 e. The van der Waals surface area contributed by atoms with Gasteiger partial charge >= 0.3 is 0 Å². The number of hydrogen-bond donors (Lipinski definition) is 2. The van der Waals surface area contributed by atoms with Crippen LogP contribution in [0.5, 0.6) is 0 Å². The summed E-state index contributed by atoms with van der Waals surface area (Å²) in [6, 6.07) is 9.30. The molecule has 1 heterocycles. The summed E-state index contributed by atoms with van der Waals surface area (Å²) < 4.78 is 0. The Balaban J connectivity index is 1.71. The van der Waals surface area contributed by atoms with Crippen molar-refractivity contribution in [3.63, 3.8) is 0 Å². The largest absolute Gasteiger partial charge is 0.395 e. The van der Waals surface area contributed by atoms with Gasteiger partial charge in [0.05, 0.1) is 6.61 Å². The first-order valence-corrected chi connectivity index (χ1v) is 7.71. The maximum atomic E-state index is 9.08. The highest BCUT2D eigenvalue weighted by molar-refractivity contribution is 5.37. The van der Waals surface area contributed by atoms with Gasteiger partial charge in [-0.2, -0.15) is 0 Å². The zero-order valence-corrected chi connectivity index (χ0v) is 12.0. The van der Waals surface area contributed by atoms with E-state index in [1.54, 1.807) is 0 Å². The Morgan fingerprint density at radius 1 is 1.10 bits per heavy atom. The van der Waals surface area contributed by atoms with Crippen LogP contribution in [-0.4, -0.2) is 54.2 Å². The molecule has 4 heteroatoms. The number of aliphatic hydroxyl groups excluding tert-OH is 1. The van der Waals surface area contributed by atoms with Gasteiger partial charge in [-0.3, -0.25) is 9.80 Å². The summed E-state index contributed by atoms with van der Waals surface area (Å²) >= 11 is 0. The highest BCUT2D eigenvalue weighted by Crippen LogP contribution is 2.40. The standard InChI is InChI=1S/C16H25N3O/c17-15-12-16(14-5-2-1-4-13(14)15)19-7-3-6-18(8-9-19)10-11-20/h1-2,4-5,15-16,20H,3,6-12,17H2. The van der Waals surface area contributed by atoms with Crippen molar-refractivity contribution in [2.45, 2.75) is 24.9 Å². The predicted molar refractivity (Wildman–Crippen MR) is 80.4 cm³/mol. The van der Waals surface area contributed by atoms with Gasteiger partial charge in [0.1, 0.15) is 0 Å². The minimum atomic E-state index is 0.188. The number of β-amino-alcohol motifs (C(OH)–C–C–N with tert-alkyl or cyclic N) is 1. The van der Waals surface area contributed by atoms with Crippen molar-refractivity contribution < 1.29 is 5.11 Å². The normalized spacial score (nSPS) is 28.3. The fraction of sp³-hybridized carbons (Fsp3) is 0.625. The first-order chi connectivity index (χ1) is 9.79. The molecule has 1 saturated heterocycles. The summed E-state index contributed by atoms with van der Waals surface area (Å²) in [6.07, 6.45) is 2.22. The van der Waals surface area contributed by atoms with Gasteiger partial charge in [0.15, 0.2) is 0 Å². The number of fused-ring (bicyclic) bond motifs is 1. The van der Waals surface area contributed by atoms with Gasteiger partial charge in [-0.25, -0.2) is 0 Å². The fourth-order valence-corrected chi connectivity index (χ4v) is 3.66. The van der Waals surface area contributed by atoms with Gasteiger partial charge in [0.2, 0.25) is 0 Å². The highest BCUT2D eigenvalue weighted by Gasteiger charge is 2.32. The third-order valence-corrected chi connectivity index (χ3v) is 4.71. The van der Waals surface area contributed by atoms with Crippen molar-refractivity contribution in [3.8, 4) is 0 Å². The summed E-state index contributed by atoms with van der Waals surface area (Å²) in [6.45, 7) is 5.41. The van der Waals surface area contributed by atoms with E-state index in [4.69, 9.17) is 10.8 Å². The average molecular weight is 275 g/mol. The first kappa shape index (κ1) is 14.0. The van der Waals surface area contributed by atoms with E-state index in [0.717, 1.165) is 39.1 Å². The zero-order chi connectivity index (χ0) is 13.9. The molecule has 0 bridgehead atoms. The molecule has 3 N–H and O–H groups in total. The summed E-state index contributed by atoms with van der Waals surface area (Å²) in [4.78, 5) is 4.95. The van der Waals surface area contributed by atoms with E-state index < -0.39 is 0 Å². The number of rotatable bonds is 3. The zero-order valence-electron chi connectivity index (χ0n) is 12.0. The molecule has 2 aliphatic rings. The highest BCUT2D eigenvalue weighted by atomic mass is 16.3. The van der Waals surface area contributed by atoms with Gasteiger partial charge in [-0.05, 0) is 30.5 Å². The molecule has 4 nitrogen and oxygen atoms in total. The van der Waals surface area contributed by atoms with E-state index >= 15 is 0 Å². The molecule has 1 aliphatic carbocycles. The lowest BCUT2D eigenvalue weighted by Gasteiger charge is -2.28. The fourth-order valence-electron chi connectivity index (χ4n) is 3.66. The van der Waals surface area contributed by atoms with Crippen LogP contribution in [0.1, 0.15) is 36.1 Å². The number of hydrogen-bond acceptors (Lipinski definition) is 4. The minimum absolute atomic E-state index is 0.188. The van der Waals surface area contributed by atoms with Crippen LogP contribution in [0.25, 0.3) is 0 Å². The molecular formula is C16H25N3O. The average Bonchev–Trinajstić information content (AvgIpc) is 2.65. The molecule has 0 amide bonds. The van der Waals surface area contributed by atoms with E-state index in [9.17, 15) is 0 Å². The first-order valence-electron chi connectivity index (χ1n) is 7.71. The van der Waals surface area contributed by atoms with Gasteiger partial charge in [-0.1, -0.05) is 24.3 Å². The van der Waals surface area contributed by atoms with Gasteiger partial charge < -0.3 is 10.8 Å². The number of nitrogens with zero attached hydrogens (tertiary/aromatic N) is 2. The Morgan fingerprint density at radius 3 is 2.70 bits per heavy atom. The SMILES string of the molecule is NC1CC(N2CCCN(CCO)CC2)c2ccccc21. The van der Waals surface area contributed by atoms with Crippen LogP contribution < -0.4 is 5.73 Å². The molecular weight excluding hydrogens is 250 g/mol. The topological polar surface area (TPSA) is 52.7 Å². The van der Waals surface area contributed by atoms with Crippen LogP contribution in [0.4, 0.5) is 0 Å². The molecule has 0 radical (unpaired) electrons. The number of nitrogens with two attached hydrogens (primary N) is 1. The molecule has 3 rings (SSSR count). The van der Waals surface area contributed by atoms with Gasteiger partial charge in [-0.15, -0.1) is 0 Å². The van der Waals surface area contributed by atoms with Gasteiger partial charge in [0.25, 0.3) is 0 Å². The van der Waals surface area contributed by atoms with Crippen molar-refractivity contribution in [3.05, 3.63) is 35.4 Å². The quantitative estimate of drug-likeness (QED) is 0.868. The van der Waals surface area contributed by atoms with E-state index in [-0.39, 0.29) is 12.6 Å². The van der Waals surface area contributed by atoms with Crippen LogP contribution in [0.2, 0.25) is 0 Å². The molecule has 1 aromatic carbocycles. The monoisotopic (exact) mass is 275 g/mol. The van der Waals surface area contributed by atoms with E-state index in [2.05, 4.69) is 34.1 Å². The molecule has 2 unspecified atom stereocenters. The van der Waals surface area contributed by atoms with Crippen LogP contribution in [0.15, 0.2) is 24.3 Å². The summed E-state index contributed by atoms with van der Waals surface area (Å²) in [5, 5.41) is 9.08. The summed E-state index contributed by atoms with van der Waals surface area (Å²) in [7, 11) is 0. The maximum absolute atomic E-state index is 9.08. The Labute approximate surface area is 121 Å². The van der Waals surface area contributed by atoms with Gasteiger partial charge in [0, 0.05) is 38.3 Å². The van der Waals surface area contributed by atoms with Crippen molar-refractivity contribution in [1.29, 1.82) is 0 Å². The minimum Gasteiger partial charge on any atom is -0.395 e. The van der Waals surface area contributed by atoms with Crippen molar-refractivity contribution in [2.75, 3.05) is 39.3 Å². The van der Waals surface area contributed by atoms with Crippen molar-refractivity contribution in [2.24, 2.45) is 5.73 Å². The van der Waals surface area contributed by atoms with Crippen molar-refractivity contribution in [1.82, 2.24) is 9.80 Å². The Hall–Kier alpha value is -0.940. The molecule has 0 aromatic heterocycles. The molecule has 2 atom stereocenters. The Morgan fingerprint density at radius 2 is 1.90 bits per heavy atom. The second-order valence-electron chi connectivity index (χ2n) is 5.94. The third-order valence-electron chi connectivity index (χ3n) is 4.71. The van der Waals surface area contributed by atoms with E-state index in [1.165, 1.54) is 17.5 Å². The lowest BCUT2D eigenvalue weighted by atomic mass is 10.1. The van der Waals surface area contributed by atoms with Crippen LogP contribution in [0, 0.1) is 0 Å². The molecule has 0 spiro atoms. The number of benzene rings is 1. The lowest BCUT2D eigenvalue weighted by Crippen LogP contribution is -2.34. The molecule has 20 heavy (non-hydrogen) atoms. The maximum Gasteiger partial charge on any atom is 0.0558 e. The van der Waals surface area contributed by atoms with E-state index in [0.29, 0.717) is 6.04 Å². The van der Waals surface area contributed by atoms with Crippen LogP contribution in [-0.2, 0) is 0 Å². The third kappa shape index (κ3) is 2.74.